The second-order valence-corrected chi connectivity index (χ2v) is 3.77. The van der Waals surface area contributed by atoms with Crippen LogP contribution in [0.1, 0.15) is 12.0 Å². The van der Waals surface area contributed by atoms with Gasteiger partial charge >= 0.3 is 0 Å². The van der Waals surface area contributed by atoms with E-state index in [-0.39, 0.29) is 6.04 Å². The summed E-state index contributed by atoms with van der Waals surface area (Å²) in [5.74, 6) is 0. The Bertz CT molecular complexity index is 367. The first kappa shape index (κ1) is 10.1. The van der Waals surface area contributed by atoms with Crippen LogP contribution in [0.2, 0.25) is 0 Å². The van der Waals surface area contributed by atoms with Crippen LogP contribution < -0.4 is 5.48 Å². The Morgan fingerprint density at radius 3 is 2.67 bits per heavy atom. The van der Waals surface area contributed by atoms with Crippen molar-refractivity contribution in [2.45, 2.75) is 18.9 Å². The van der Waals surface area contributed by atoms with Crippen molar-refractivity contribution in [1.29, 1.82) is 0 Å². The van der Waals surface area contributed by atoms with Crippen molar-refractivity contribution in [1.82, 2.24) is 5.48 Å². The zero-order valence-corrected chi connectivity index (χ0v) is 8.56. The monoisotopic (exact) mass is 201 g/mol. The molecule has 15 heavy (non-hydrogen) atoms. The third-order valence-corrected chi connectivity index (χ3v) is 2.59. The normalized spacial score (nSPS) is 20.1. The molecule has 78 valence electrons. The molecule has 2 rings (SSSR count). The number of hydrogen-bond donors (Lipinski definition) is 2. The predicted octanol–water partition coefficient (Wildman–Crippen LogP) is 2.46. The van der Waals surface area contributed by atoms with E-state index in [0.29, 0.717) is 0 Å². The van der Waals surface area contributed by atoms with E-state index in [2.05, 4.69) is 41.9 Å². The molecular formula is C13H15NO. The SMILES string of the molecule is ONC1C=CC(Cc2ccccc2)=CC1. The summed E-state index contributed by atoms with van der Waals surface area (Å²) in [7, 11) is 0. The topological polar surface area (TPSA) is 32.3 Å². The minimum absolute atomic E-state index is 0.0736. The van der Waals surface area contributed by atoms with Crippen LogP contribution in [-0.4, -0.2) is 11.2 Å². The molecule has 0 radical (unpaired) electrons. The Morgan fingerprint density at radius 2 is 2.07 bits per heavy atom. The molecule has 2 heteroatoms. The van der Waals surface area contributed by atoms with Crippen molar-refractivity contribution in [3.8, 4) is 0 Å². The first-order valence-electron chi connectivity index (χ1n) is 5.19. The molecule has 0 amide bonds. The van der Waals surface area contributed by atoms with Crippen molar-refractivity contribution in [2.24, 2.45) is 0 Å². The maximum absolute atomic E-state index is 8.74. The first-order chi connectivity index (χ1) is 7.38. The van der Waals surface area contributed by atoms with Gasteiger partial charge in [0.1, 0.15) is 0 Å². The summed E-state index contributed by atoms with van der Waals surface area (Å²) in [6.07, 6.45) is 8.06. The van der Waals surface area contributed by atoms with Gasteiger partial charge in [0, 0.05) is 0 Å². The number of benzene rings is 1. The first-order valence-corrected chi connectivity index (χ1v) is 5.19. The van der Waals surface area contributed by atoms with Gasteiger partial charge in [0.15, 0.2) is 0 Å². The Kier molecular flexibility index (Phi) is 3.33. The van der Waals surface area contributed by atoms with Crippen LogP contribution in [0.3, 0.4) is 0 Å². The number of rotatable bonds is 3. The van der Waals surface area contributed by atoms with Crippen LogP contribution in [0.25, 0.3) is 0 Å². The fraction of sp³-hybridized carbons (Fsp3) is 0.231. The lowest BCUT2D eigenvalue weighted by molar-refractivity contribution is 0.143. The maximum atomic E-state index is 8.74. The minimum Gasteiger partial charge on any atom is -0.316 e. The van der Waals surface area contributed by atoms with Gasteiger partial charge in [0.2, 0.25) is 0 Å². The van der Waals surface area contributed by atoms with Crippen LogP contribution in [-0.2, 0) is 6.42 Å². The van der Waals surface area contributed by atoms with Gasteiger partial charge in [-0.25, -0.2) is 0 Å². The van der Waals surface area contributed by atoms with Gasteiger partial charge in [-0.2, -0.15) is 5.48 Å². The quantitative estimate of drug-likeness (QED) is 0.736. The Hall–Kier alpha value is -1.38. The number of nitrogens with one attached hydrogen (secondary N) is 1. The van der Waals surface area contributed by atoms with Gasteiger partial charge in [-0.15, -0.1) is 0 Å². The smallest absolute Gasteiger partial charge is 0.0537 e. The van der Waals surface area contributed by atoms with Gasteiger partial charge < -0.3 is 5.21 Å². The van der Waals surface area contributed by atoms with E-state index in [9.17, 15) is 0 Å². The van der Waals surface area contributed by atoms with Gasteiger partial charge in [0.25, 0.3) is 0 Å². The molecule has 1 aliphatic rings. The van der Waals surface area contributed by atoms with Crippen LogP contribution in [0.4, 0.5) is 0 Å². The number of allylic oxidation sites excluding steroid dienone is 2. The van der Waals surface area contributed by atoms with Crippen molar-refractivity contribution in [3.05, 3.63) is 59.7 Å². The van der Waals surface area contributed by atoms with E-state index in [4.69, 9.17) is 5.21 Å². The van der Waals surface area contributed by atoms with E-state index in [1.54, 1.807) is 0 Å². The van der Waals surface area contributed by atoms with Gasteiger partial charge in [0.05, 0.1) is 6.04 Å². The summed E-state index contributed by atoms with van der Waals surface area (Å²) in [5, 5.41) is 8.74. The van der Waals surface area contributed by atoms with E-state index >= 15 is 0 Å². The fourth-order valence-electron chi connectivity index (χ4n) is 1.72. The molecule has 1 unspecified atom stereocenters. The van der Waals surface area contributed by atoms with Crippen molar-refractivity contribution < 1.29 is 5.21 Å². The summed E-state index contributed by atoms with van der Waals surface area (Å²) in [5.41, 5.74) is 4.89. The molecule has 0 aliphatic heterocycles. The molecule has 1 atom stereocenters. The lowest BCUT2D eigenvalue weighted by Gasteiger charge is -2.14. The Morgan fingerprint density at radius 1 is 1.27 bits per heavy atom. The molecule has 0 spiro atoms. The molecule has 2 nitrogen and oxygen atoms in total. The average molecular weight is 201 g/mol. The lowest BCUT2D eigenvalue weighted by Crippen LogP contribution is -2.24. The highest BCUT2D eigenvalue weighted by Gasteiger charge is 2.06. The zero-order valence-electron chi connectivity index (χ0n) is 8.56. The van der Waals surface area contributed by atoms with Crippen LogP contribution in [0.5, 0.6) is 0 Å². The average Bonchev–Trinajstić information content (AvgIpc) is 2.31. The van der Waals surface area contributed by atoms with E-state index in [1.165, 1.54) is 11.1 Å². The molecule has 0 fully saturated rings. The maximum Gasteiger partial charge on any atom is 0.0537 e. The molecule has 0 saturated carbocycles. The van der Waals surface area contributed by atoms with Crippen LogP contribution >= 0.6 is 0 Å². The van der Waals surface area contributed by atoms with E-state index in [0.717, 1.165) is 12.8 Å². The fourth-order valence-corrected chi connectivity index (χ4v) is 1.72. The third-order valence-electron chi connectivity index (χ3n) is 2.59. The Balaban J connectivity index is 1.98. The number of hydrogen-bond acceptors (Lipinski definition) is 2. The molecule has 0 heterocycles. The van der Waals surface area contributed by atoms with E-state index < -0.39 is 0 Å². The van der Waals surface area contributed by atoms with Crippen molar-refractivity contribution in [3.63, 3.8) is 0 Å². The highest BCUT2D eigenvalue weighted by molar-refractivity contribution is 5.31. The van der Waals surface area contributed by atoms with Gasteiger partial charge in [-0.1, -0.05) is 48.6 Å². The highest BCUT2D eigenvalue weighted by Crippen LogP contribution is 2.15. The Labute approximate surface area is 89.9 Å². The van der Waals surface area contributed by atoms with Crippen LogP contribution in [0, 0.1) is 0 Å². The molecule has 0 saturated heterocycles. The summed E-state index contributed by atoms with van der Waals surface area (Å²) < 4.78 is 0. The van der Waals surface area contributed by atoms with Gasteiger partial charge in [-0.05, 0) is 24.0 Å². The lowest BCUT2D eigenvalue weighted by atomic mass is 9.98. The molecule has 1 aromatic rings. The predicted molar refractivity (Wildman–Crippen MR) is 60.7 cm³/mol. The molecular weight excluding hydrogens is 186 g/mol. The molecule has 0 aromatic heterocycles. The largest absolute Gasteiger partial charge is 0.316 e. The van der Waals surface area contributed by atoms with Crippen LogP contribution in [0.15, 0.2) is 54.1 Å². The van der Waals surface area contributed by atoms with Crippen molar-refractivity contribution in [2.75, 3.05) is 0 Å². The third kappa shape index (κ3) is 2.78. The van der Waals surface area contributed by atoms with E-state index in [1.807, 2.05) is 12.1 Å². The molecule has 0 bridgehead atoms. The summed E-state index contributed by atoms with van der Waals surface area (Å²) >= 11 is 0. The summed E-state index contributed by atoms with van der Waals surface area (Å²) in [4.78, 5) is 0. The van der Waals surface area contributed by atoms with Gasteiger partial charge in [-0.3, -0.25) is 0 Å². The summed E-state index contributed by atoms with van der Waals surface area (Å²) in [6, 6.07) is 10.5. The highest BCUT2D eigenvalue weighted by atomic mass is 16.5. The second kappa shape index (κ2) is 4.91. The number of hydroxylamine groups is 1. The zero-order chi connectivity index (χ0) is 10.5. The standard InChI is InChI=1S/C13H15NO/c15-14-13-8-6-12(7-9-13)10-11-4-2-1-3-5-11/h1-8,13-15H,9-10H2. The minimum atomic E-state index is 0.0736. The second-order valence-electron chi connectivity index (χ2n) is 3.77. The van der Waals surface area contributed by atoms with Crippen molar-refractivity contribution >= 4 is 0 Å². The summed E-state index contributed by atoms with van der Waals surface area (Å²) in [6.45, 7) is 0. The molecule has 2 N–H and O–H groups in total. The molecule has 1 aliphatic carbocycles. The molecule has 1 aromatic carbocycles.